The molecule has 0 spiro atoms. The smallest absolute Gasteiger partial charge is 0.350 e. The SMILES string of the molecule is CCOC(=O)c1sc(-c2ccc3c(c(C#N)cn3C(C)C)c2F)nc1C. The Kier molecular flexibility index (Phi) is 4.79. The molecule has 0 aliphatic carbocycles. The maximum absolute atomic E-state index is 15.3. The standard InChI is InChI=1S/C19H18FN3O2S/c1-5-25-19(24)17-11(4)22-18(26-17)13-6-7-14-15(16(13)20)12(8-21)9-23(14)10(2)3/h6-7,9-10H,5H2,1-4H3. The molecule has 26 heavy (non-hydrogen) atoms. The van der Waals surface area contributed by atoms with E-state index in [1.165, 1.54) is 0 Å². The molecule has 1 aromatic carbocycles. The average molecular weight is 371 g/mol. The van der Waals surface area contributed by atoms with E-state index in [4.69, 9.17) is 4.74 Å². The van der Waals surface area contributed by atoms with Crippen LogP contribution in [0.1, 0.15) is 47.7 Å². The molecular weight excluding hydrogens is 353 g/mol. The van der Waals surface area contributed by atoms with Crippen molar-refractivity contribution in [3.05, 3.63) is 40.3 Å². The number of halogens is 1. The third-order valence-electron chi connectivity index (χ3n) is 4.10. The van der Waals surface area contributed by atoms with Crippen molar-refractivity contribution in [1.29, 1.82) is 5.26 Å². The van der Waals surface area contributed by atoms with Gasteiger partial charge in [0.15, 0.2) is 0 Å². The summed E-state index contributed by atoms with van der Waals surface area (Å²) in [5, 5.41) is 10.1. The third-order valence-corrected chi connectivity index (χ3v) is 5.27. The van der Waals surface area contributed by atoms with Gasteiger partial charge in [0.05, 0.1) is 28.8 Å². The number of carbonyl (C=O) groups excluding carboxylic acids is 1. The van der Waals surface area contributed by atoms with Crippen LogP contribution in [-0.4, -0.2) is 22.1 Å². The Morgan fingerprint density at radius 1 is 1.46 bits per heavy atom. The first-order valence-corrected chi connectivity index (χ1v) is 9.08. The lowest BCUT2D eigenvalue weighted by Crippen LogP contribution is -2.03. The Balaban J connectivity index is 2.19. The molecule has 0 amide bonds. The fourth-order valence-corrected chi connectivity index (χ4v) is 3.86. The predicted molar refractivity (Wildman–Crippen MR) is 98.8 cm³/mol. The number of hydrogen-bond acceptors (Lipinski definition) is 5. The fourth-order valence-electron chi connectivity index (χ4n) is 2.89. The Labute approximate surface area is 154 Å². The number of rotatable bonds is 4. The lowest BCUT2D eigenvalue weighted by atomic mass is 10.1. The van der Waals surface area contributed by atoms with Gasteiger partial charge in [0.1, 0.15) is 21.8 Å². The molecule has 0 atom stereocenters. The van der Waals surface area contributed by atoms with E-state index in [2.05, 4.69) is 11.1 Å². The molecule has 0 saturated carbocycles. The molecule has 0 fully saturated rings. The second-order valence-corrected chi connectivity index (χ2v) is 7.13. The molecule has 2 aromatic heterocycles. The van der Waals surface area contributed by atoms with Crippen LogP contribution in [0.4, 0.5) is 4.39 Å². The summed E-state index contributed by atoms with van der Waals surface area (Å²) in [7, 11) is 0. The Hall–Kier alpha value is -2.72. The summed E-state index contributed by atoms with van der Waals surface area (Å²) in [6, 6.07) is 5.59. The molecule has 3 rings (SSSR count). The van der Waals surface area contributed by atoms with E-state index in [1.54, 1.807) is 32.2 Å². The summed E-state index contributed by atoms with van der Waals surface area (Å²) in [5.41, 5.74) is 1.73. The molecule has 3 aromatic rings. The second-order valence-electron chi connectivity index (χ2n) is 6.13. The van der Waals surface area contributed by atoms with E-state index in [0.717, 1.165) is 11.3 Å². The van der Waals surface area contributed by atoms with Gasteiger partial charge in [-0.15, -0.1) is 11.3 Å². The molecular formula is C19H18FN3O2S. The number of aryl methyl sites for hydroxylation is 1. The number of carbonyl (C=O) groups is 1. The summed E-state index contributed by atoms with van der Waals surface area (Å²) in [6.45, 7) is 7.63. The molecule has 7 heteroatoms. The van der Waals surface area contributed by atoms with Gasteiger partial charge in [-0.2, -0.15) is 5.26 Å². The van der Waals surface area contributed by atoms with Crippen LogP contribution in [0.15, 0.2) is 18.3 Å². The second kappa shape index (κ2) is 6.89. The summed E-state index contributed by atoms with van der Waals surface area (Å²) in [4.78, 5) is 16.7. The molecule has 134 valence electrons. The van der Waals surface area contributed by atoms with Crippen molar-refractivity contribution in [2.45, 2.75) is 33.7 Å². The summed E-state index contributed by atoms with van der Waals surface area (Å²) < 4.78 is 22.1. The van der Waals surface area contributed by atoms with Gasteiger partial charge in [-0.25, -0.2) is 14.2 Å². The quantitative estimate of drug-likeness (QED) is 0.615. The van der Waals surface area contributed by atoms with Crippen LogP contribution >= 0.6 is 11.3 Å². The van der Waals surface area contributed by atoms with E-state index >= 15 is 4.39 Å². The number of thiazole rings is 1. The Morgan fingerprint density at radius 2 is 2.19 bits per heavy atom. The molecule has 0 aliphatic rings. The van der Waals surface area contributed by atoms with Crippen LogP contribution in [0.3, 0.4) is 0 Å². The van der Waals surface area contributed by atoms with Crippen LogP contribution in [0.2, 0.25) is 0 Å². The van der Waals surface area contributed by atoms with E-state index in [9.17, 15) is 10.1 Å². The van der Waals surface area contributed by atoms with Gasteiger partial charge in [0, 0.05) is 17.8 Å². The van der Waals surface area contributed by atoms with E-state index in [0.29, 0.717) is 21.1 Å². The summed E-state index contributed by atoms with van der Waals surface area (Å²) >= 11 is 1.09. The van der Waals surface area contributed by atoms with Crippen molar-refractivity contribution in [3.63, 3.8) is 0 Å². The summed E-state index contributed by atoms with van der Waals surface area (Å²) in [5.74, 6) is -0.957. The van der Waals surface area contributed by atoms with Crippen LogP contribution in [0.25, 0.3) is 21.5 Å². The van der Waals surface area contributed by atoms with E-state index in [-0.39, 0.29) is 29.2 Å². The number of nitriles is 1. The van der Waals surface area contributed by atoms with Gasteiger partial charge in [-0.3, -0.25) is 0 Å². The minimum absolute atomic E-state index is 0.0994. The van der Waals surface area contributed by atoms with Crippen LogP contribution < -0.4 is 0 Å². The van der Waals surface area contributed by atoms with Gasteiger partial charge < -0.3 is 9.30 Å². The maximum Gasteiger partial charge on any atom is 0.350 e. The molecule has 0 radical (unpaired) electrons. The van der Waals surface area contributed by atoms with Crippen LogP contribution in [-0.2, 0) is 4.74 Å². The fraction of sp³-hybridized carbons (Fsp3) is 0.316. The minimum atomic E-state index is -0.498. The lowest BCUT2D eigenvalue weighted by Gasteiger charge is -2.09. The number of hydrogen-bond donors (Lipinski definition) is 0. The van der Waals surface area contributed by atoms with E-state index < -0.39 is 11.8 Å². The first kappa shape index (κ1) is 18.1. The van der Waals surface area contributed by atoms with Gasteiger partial charge in [-0.1, -0.05) is 0 Å². The highest BCUT2D eigenvalue weighted by Crippen LogP contribution is 2.36. The molecule has 0 aliphatic heterocycles. The highest BCUT2D eigenvalue weighted by Gasteiger charge is 2.22. The molecule has 5 nitrogen and oxygen atoms in total. The number of aromatic nitrogens is 2. The average Bonchev–Trinajstić information content (AvgIpc) is 3.16. The van der Waals surface area contributed by atoms with Gasteiger partial charge in [0.25, 0.3) is 0 Å². The maximum atomic E-state index is 15.3. The molecule has 0 unspecified atom stereocenters. The molecule has 0 bridgehead atoms. The van der Waals surface area contributed by atoms with Crippen LogP contribution in [0, 0.1) is 24.1 Å². The van der Waals surface area contributed by atoms with Crippen LogP contribution in [0.5, 0.6) is 0 Å². The third kappa shape index (κ3) is 2.86. The lowest BCUT2D eigenvalue weighted by molar-refractivity contribution is 0.0531. The van der Waals surface area contributed by atoms with Gasteiger partial charge >= 0.3 is 5.97 Å². The number of benzene rings is 1. The van der Waals surface area contributed by atoms with E-state index in [1.807, 2.05) is 18.4 Å². The largest absolute Gasteiger partial charge is 0.462 e. The Bertz CT molecular complexity index is 1040. The van der Waals surface area contributed by atoms with Crippen molar-refractivity contribution in [3.8, 4) is 16.6 Å². The zero-order valence-electron chi connectivity index (χ0n) is 15.0. The van der Waals surface area contributed by atoms with Crippen molar-refractivity contribution in [1.82, 2.24) is 9.55 Å². The normalized spacial score (nSPS) is 11.1. The van der Waals surface area contributed by atoms with Crippen molar-refractivity contribution in [2.75, 3.05) is 6.61 Å². The highest BCUT2D eigenvalue weighted by atomic mass is 32.1. The monoisotopic (exact) mass is 371 g/mol. The zero-order valence-corrected chi connectivity index (χ0v) is 15.8. The molecule has 0 N–H and O–H groups in total. The zero-order chi connectivity index (χ0) is 19.0. The number of nitrogens with zero attached hydrogens (tertiary/aromatic N) is 3. The van der Waals surface area contributed by atoms with Crippen molar-refractivity contribution >= 4 is 28.2 Å². The number of ether oxygens (including phenoxy) is 1. The number of esters is 1. The van der Waals surface area contributed by atoms with Crippen molar-refractivity contribution < 1.29 is 13.9 Å². The first-order valence-electron chi connectivity index (χ1n) is 8.27. The number of fused-ring (bicyclic) bond motifs is 1. The minimum Gasteiger partial charge on any atom is -0.462 e. The highest BCUT2D eigenvalue weighted by molar-refractivity contribution is 7.17. The topological polar surface area (TPSA) is 67.9 Å². The first-order chi connectivity index (χ1) is 12.4. The summed E-state index contributed by atoms with van der Waals surface area (Å²) in [6.07, 6.45) is 1.67. The van der Waals surface area contributed by atoms with Gasteiger partial charge in [-0.05, 0) is 39.8 Å². The molecule has 2 heterocycles. The van der Waals surface area contributed by atoms with Crippen molar-refractivity contribution in [2.24, 2.45) is 0 Å². The molecule has 0 saturated heterocycles. The van der Waals surface area contributed by atoms with Gasteiger partial charge in [0.2, 0.25) is 0 Å². The Morgan fingerprint density at radius 3 is 2.81 bits per heavy atom. The predicted octanol–water partition coefficient (Wildman–Crippen LogP) is 4.84.